The highest BCUT2D eigenvalue weighted by Crippen LogP contribution is 2.40. The summed E-state index contributed by atoms with van der Waals surface area (Å²) >= 11 is 0. The van der Waals surface area contributed by atoms with E-state index in [2.05, 4.69) is 32.0 Å². The second-order valence-electron chi connectivity index (χ2n) is 6.60. The fourth-order valence-electron chi connectivity index (χ4n) is 3.54. The summed E-state index contributed by atoms with van der Waals surface area (Å²) in [5.74, 6) is -0.174. The lowest BCUT2D eigenvalue weighted by molar-refractivity contribution is -0.0523. The fraction of sp³-hybridized carbons (Fsp3) is 0.429. The van der Waals surface area contributed by atoms with E-state index in [1.165, 1.54) is 17.2 Å². The average molecular weight is 343 g/mol. The molecule has 25 heavy (non-hydrogen) atoms. The lowest BCUT2D eigenvalue weighted by Crippen LogP contribution is -2.40. The number of rotatable bonds is 5. The van der Waals surface area contributed by atoms with E-state index in [9.17, 15) is 4.39 Å². The Morgan fingerprint density at radius 3 is 2.48 bits per heavy atom. The lowest BCUT2D eigenvalue weighted by Gasteiger charge is -2.39. The van der Waals surface area contributed by atoms with Gasteiger partial charge in [0.2, 0.25) is 0 Å². The van der Waals surface area contributed by atoms with Crippen LogP contribution in [-0.2, 0) is 23.2 Å². The summed E-state index contributed by atoms with van der Waals surface area (Å²) in [5, 5.41) is 0. The van der Waals surface area contributed by atoms with E-state index in [1.807, 2.05) is 0 Å². The van der Waals surface area contributed by atoms with Crippen molar-refractivity contribution < 1.29 is 13.9 Å². The van der Waals surface area contributed by atoms with Gasteiger partial charge >= 0.3 is 0 Å². The molecule has 0 aromatic heterocycles. The average Bonchev–Trinajstić information content (AvgIpc) is 2.64. The molecular formula is C21H26FNO2. The van der Waals surface area contributed by atoms with Crippen LogP contribution in [0.15, 0.2) is 36.4 Å². The molecule has 0 radical (unpaired) electrons. The predicted octanol–water partition coefficient (Wildman–Crippen LogP) is 4.62. The quantitative estimate of drug-likeness (QED) is 0.806. The van der Waals surface area contributed by atoms with Crippen LogP contribution in [0.5, 0.6) is 5.75 Å². The Morgan fingerprint density at radius 1 is 1.08 bits per heavy atom. The van der Waals surface area contributed by atoms with Gasteiger partial charge in [0.05, 0.1) is 13.2 Å². The lowest BCUT2D eigenvalue weighted by atomic mass is 9.81. The fourth-order valence-corrected chi connectivity index (χ4v) is 3.54. The molecule has 0 atom stereocenters. The van der Waals surface area contributed by atoms with Crippen molar-refractivity contribution in [3.05, 3.63) is 58.9 Å². The summed E-state index contributed by atoms with van der Waals surface area (Å²) in [7, 11) is 0. The van der Waals surface area contributed by atoms with Crippen molar-refractivity contribution in [2.24, 2.45) is 0 Å². The number of anilines is 1. The highest BCUT2D eigenvalue weighted by atomic mass is 19.1. The predicted molar refractivity (Wildman–Crippen MR) is 98.4 cm³/mol. The minimum atomic E-state index is -0.563. The molecule has 2 N–H and O–H groups in total. The Kier molecular flexibility index (Phi) is 5.28. The first kappa shape index (κ1) is 17.7. The Labute approximate surface area is 148 Å². The number of nitrogen functional groups attached to an aromatic ring is 1. The first-order valence-corrected chi connectivity index (χ1v) is 9.02. The molecule has 1 heterocycles. The van der Waals surface area contributed by atoms with Gasteiger partial charge in [0, 0.05) is 24.6 Å². The number of aryl methyl sites for hydroxylation is 2. The highest BCUT2D eigenvalue weighted by Gasteiger charge is 2.39. The molecule has 4 heteroatoms. The zero-order valence-corrected chi connectivity index (χ0v) is 15.0. The van der Waals surface area contributed by atoms with Crippen LogP contribution < -0.4 is 10.5 Å². The van der Waals surface area contributed by atoms with Crippen molar-refractivity contribution in [2.75, 3.05) is 18.9 Å². The monoisotopic (exact) mass is 343 g/mol. The number of ether oxygens (including phenoxy) is 2. The van der Waals surface area contributed by atoms with E-state index in [4.69, 9.17) is 15.2 Å². The minimum absolute atomic E-state index is 0.248. The van der Waals surface area contributed by atoms with Gasteiger partial charge in [0.1, 0.15) is 5.60 Å². The minimum Gasteiger partial charge on any atom is -0.479 e. The second kappa shape index (κ2) is 7.44. The smallest absolute Gasteiger partial charge is 0.167 e. The molecule has 134 valence electrons. The maximum Gasteiger partial charge on any atom is 0.167 e. The zero-order valence-electron chi connectivity index (χ0n) is 15.0. The van der Waals surface area contributed by atoms with Gasteiger partial charge in [-0.3, -0.25) is 0 Å². The van der Waals surface area contributed by atoms with E-state index >= 15 is 0 Å². The maximum atomic E-state index is 14.4. The van der Waals surface area contributed by atoms with E-state index in [1.54, 1.807) is 12.1 Å². The van der Waals surface area contributed by atoms with Crippen molar-refractivity contribution in [3.63, 3.8) is 0 Å². The molecule has 1 fully saturated rings. The van der Waals surface area contributed by atoms with E-state index < -0.39 is 11.4 Å². The molecule has 0 unspecified atom stereocenters. The van der Waals surface area contributed by atoms with Gasteiger partial charge in [0.25, 0.3) is 0 Å². The first-order valence-electron chi connectivity index (χ1n) is 9.02. The summed E-state index contributed by atoms with van der Waals surface area (Å²) in [6.07, 6.45) is 3.32. The molecule has 0 aliphatic carbocycles. The van der Waals surface area contributed by atoms with E-state index in [0.29, 0.717) is 31.7 Å². The Hall–Kier alpha value is -2.07. The van der Waals surface area contributed by atoms with Crippen LogP contribution in [0.2, 0.25) is 0 Å². The van der Waals surface area contributed by atoms with Gasteiger partial charge < -0.3 is 15.2 Å². The Bertz CT molecular complexity index is 739. The molecular weight excluding hydrogens is 317 g/mol. The van der Waals surface area contributed by atoms with Crippen LogP contribution in [-0.4, -0.2) is 13.2 Å². The highest BCUT2D eigenvalue weighted by molar-refractivity contribution is 5.44. The van der Waals surface area contributed by atoms with Gasteiger partial charge in [-0.15, -0.1) is 0 Å². The molecule has 2 aromatic rings. The SMILES string of the molecule is CCc1ccc(C2(Oc3ccc(N)cc3F)CCOCC2)c(CC)c1. The van der Waals surface area contributed by atoms with E-state index in [-0.39, 0.29) is 5.75 Å². The molecule has 0 amide bonds. The van der Waals surface area contributed by atoms with Crippen LogP contribution in [0.3, 0.4) is 0 Å². The van der Waals surface area contributed by atoms with Crippen molar-refractivity contribution in [3.8, 4) is 5.75 Å². The normalized spacial score (nSPS) is 16.6. The van der Waals surface area contributed by atoms with Crippen LogP contribution in [0.25, 0.3) is 0 Å². The van der Waals surface area contributed by atoms with Crippen molar-refractivity contribution in [1.82, 2.24) is 0 Å². The Balaban J connectivity index is 2.04. The number of nitrogens with two attached hydrogens (primary N) is 1. The molecule has 0 bridgehead atoms. The standard InChI is InChI=1S/C21H26FNO2/c1-3-15-5-7-18(16(4-2)13-15)21(9-11-24-12-10-21)25-20-8-6-17(23)14-19(20)22/h5-8,13-14H,3-4,9-12,23H2,1-2H3. The third kappa shape index (κ3) is 3.64. The third-order valence-corrected chi connectivity index (χ3v) is 5.01. The van der Waals surface area contributed by atoms with Crippen LogP contribution in [0, 0.1) is 5.82 Å². The summed E-state index contributed by atoms with van der Waals surface area (Å²) in [6.45, 7) is 5.51. The van der Waals surface area contributed by atoms with Crippen molar-refractivity contribution >= 4 is 5.69 Å². The molecule has 2 aromatic carbocycles. The van der Waals surface area contributed by atoms with E-state index in [0.717, 1.165) is 18.4 Å². The summed E-state index contributed by atoms with van der Waals surface area (Å²) in [4.78, 5) is 0. The number of halogens is 1. The molecule has 0 saturated carbocycles. The first-order chi connectivity index (χ1) is 12.1. The number of hydrogen-bond donors (Lipinski definition) is 1. The number of hydrogen-bond acceptors (Lipinski definition) is 3. The van der Waals surface area contributed by atoms with Crippen LogP contribution in [0.1, 0.15) is 43.4 Å². The topological polar surface area (TPSA) is 44.5 Å². The van der Waals surface area contributed by atoms with Gasteiger partial charge in [-0.25, -0.2) is 4.39 Å². The summed E-state index contributed by atoms with van der Waals surface area (Å²) in [5.41, 5.74) is 9.21. The molecule has 1 aliphatic heterocycles. The zero-order chi connectivity index (χ0) is 17.9. The van der Waals surface area contributed by atoms with Gasteiger partial charge in [0.15, 0.2) is 11.6 Å². The van der Waals surface area contributed by atoms with Gasteiger partial charge in [-0.2, -0.15) is 0 Å². The van der Waals surface area contributed by atoms with Crippen molar-refractivity contribution in [2.45, 2.75) is 45.1 Å². The maximum absolute atomic E-state index is 14.4. The molecule has 0 spiro atoms. The third-order valence-electron chi connectivity index (χ3n) is 5.01. The largest absolute Gasteiger partial charge is 0.479 e. The Morgan fingerprint density at radius 2 is 1.84 bits per heavy atom. The number of benzene rings is 2. The second-order valence-corrected chi connectivity index (χ2v) is 6.60. The van der Waals surface area contributed by atoms with Gasteiger partial charge in [-0.05, 0) is 41.7 Å². The van der Waals surface area contributed by atoms with Gasteiger partial charge in [-0.1, -0.05) is 32.0 Å². The van der Waals surface area contributed by atoms with Crippen LogP contribution in [0.4, 0.5) is 10.1 Å². The summed E-state index contributed by atoms with van der Waals surface area (Å²) in [6, 6.07) is 11.1. The molecule has 3 rings (SSSR count). The molecule has 3 nitrogen and oxygen atoms in total. The van der Waals surface area contributed by atoms with Crippen LogP contribution >= 0.6 is 0 Å². The van der Waals surface area contributed by atoms with Crippen molar-refractivity contribution in [1.29, 1.82) is 0 Å². The molecule has 1 saturated heterocycles. The molecule has 1 aliphatic rings. The summed E-state index contributed by atoms with van der Waals surface area (Å²) < 4.78 is 26.2.